The molecule has 8 heteroatoms. The van der Waals surface area contributed by atoms with Crippen LogP contribution in [0.15, 0.2) is 12.3 Å². The molecule has 1 fully saturated rings. The van der Waals surface area contributed by atoms with Crippen LogP contribution in [0.4, 0.5) is 0 Å². The largest absolute Gasteiger partial charge is 0.477 e. The summed E-state index contributed by atoms with van der Waals surface area (Å²) >= 11 is 6.07. The normalized spacial score (nSPS) is 20.6. The van der Waals surface area contributed by atoms with Crippen LogP contribution in [0, 0.1) is 0 Å². The molecule has 24 heavy (non-hydrogen) atoms. The van der Waals surface area contributed by atoms with Gasteiger partial charge in [0.25, 0.3) is 5.91 Å². The summed E-state index contributed by atoms with van der Waals surface area (Å²) in [6.45, 7) is 2.86. The van der Waals surface area contributed by atoms with Crippen molar-refractivity contribution < 1.29 is 19.4 Å². The minimum atomic E-state index is -1.21. The van der Waals surface area contributed by atoms with Crippen LogP contribution >= 0.6 is 11.6 Å². The molecule has 2 N–H and O–H groups in total. The van der Waals surface area contributed by atoms with E-state index < -0.39 is 5.60 Å². The number of aliphatic hydroxyl groups is 1. The van der Waals surface area contributed by atoms with Gasteiger partial charge in [0.05, 0.1) is 30.7 Å². The second kappa shape index (κ2) is 7.81. The Labute approximate surface area is 146 Å². The topological polar surface area (TPSA) is 91.8 Å². The first-order chi connectivity index (χ1) is 11.4. The highest BCUT2D eigenvalue weighted by Gasteiger charge is 2.37. The molecule has 0 spiro atoms. The summed E-state index contributed by atoms with van der Waals surface area (Å²) in [5.74, 6) is -0.245. The van der Waals surface area contributed by atoms with Crippen molar-refractivity contribution in [2.75, 3.05) is 26.7 Å². The zero-order valence-corrected chi connectivity index (χ0v) is 14.6. The fourth-order valence-corrected chi connectivity index (χ4v) is 3.01. The molecule has 0 radical (unpaired) electrons. The molecule has 0 bridgehead atoms. The van der Waals surface area contributed by atoms with Gasteiger partial charge in [0.2, 0.25) is 11.8 Å². The molecule has 1 saturated heterocycles. The van der Waals surface area contributed by atoms with Crippen molar-refractivity contribution in [2.24, 2.45) is 0 Å². The molecule has 0 aromatic carbocycles. The molecule has 2 amide bonds. The van der Waals surface area contributed by atoms with E-state index in [4.69, 9.17) is 16.3 Å². The summed E-state index contributed by atoms with van der Waals surface area (Å²) in [5, 5.41) is 13.4. The smallest absolute Gasteiger partial charge is 0.255 e. The van der Waals surface area contributed by atoms with E-state index in [1.54, 1.807) is 0 Å². The summed E-state index contributed by atoms with van der Waals surface area (Å²) in [5.41, 5.74) is -0.885. The Bertz CT molecular complexity index is 625. The number of nitrogens with zero attached hydrogens (tertiary/aromatic N) is 2. The SMILES string of the molecule is CCOc1ncc(C(=O)N2CCCC(O)(CC(=O)NC)C2)cc1Cl. The maximum absolute atomic E-state index is 12.6. The van der Waals surface area contributed by atoms with Crippen molar-refractivity contribution in [3.8, 4) is 5.88 Å². The van der Waals surface area contributed by atoms with Gasteiger partial charge >= 0.3 is 0 Å². The van der Waals surface area contributed by atoms with Crippen molar-refractivity contribution in [1.29, 1.82) is 0 Å². The van der Waals surface area contributed by atoms with Crippen molar-refractivity contribution >= 4 is 23.4 Å². The van der Waals surface area contributed by atoms with E-state index in [1.807, 2.05) is 6.92 Å². The highest BCUT2D eigenvalue weighted by molar-refractivity contribution is 6.32. The fourth-order valence-electron chi connectivity index (χ4n) is 2.79. The number of amides is 2. The van der Waals surface area contributed by atoms with Crippen LogP contribution in [-0.2, 0) is 4.79 Å². The number of likely N-dealkylation sites (tertiary alicyclic amines) is 1. The Balaban J connectivity index is 2.11. The number of piperidine rings is 1. The van der Waals surface area contributed by atoms with Crippen molar-refractivity contribution in [2.45, 2.75) is 31.8 Å². The van der Waals surface area contributed by atoms with Gasteiger partial charge in [-0.3, -0.25) is 9.59 Å². The van der Waals surface area contributed by atoms with Crippen molar-refractivity contribution in [3.05, 3.63) is 22.8 Å². The molecule has 1 aliphatic rings. The summed E-state index contributed by atoms with van der Waals surface area (Å²) in [4.78, 5) is 29.8. The van der Waals surface area contributed by atoms with E-state index in [0.29, 0.717) is 31.6 Å². The maximum Gasteiger partial charge on any atom is 0.255 e. The van der Waals surface area contributed by atoms with E-state index in [9.17, 15) is 14.7 Å². The van der Waals surface area contributed by atoms with Gasteiger partial charge in [-0.15, -0.1) is 0 Å². The lowest BCUT2D eigenvalue weighted by atomic mass is 9.89. The number of aromatic nitrogens is 1. The van der Waals surface area contributed by atoms with Crippen LogP contribution < -0.4 is 10.1 Å². The lowest BCUT2D eigenvalue weighted by Crippen LogP contribution is -2.52. The van der Waals surface area contributed by atoms with Gasteiger partial charge in [-0.1, -0.05) is 11.6 Å². The van der Waals surface area contributed by atoms with Crippen LogP contribution in [0.1, 0.15) is 36.5 Å². The first kappa shape index (κ1) is 18.5. The molecule has 2 heterocycles. The number of hydrogen-bond acceptors (Lipinski definition) is 5. The van der Waals surface area contributed by atoms with Gasteiger partial charge in [-0.2, -0.15) is 0 Å². The lowest BCUT2D eigenvalue weighted by Gasteiger charge is -2.38. The van der Waals surface area contributed by atoms with Crippen LogP contribution in [0.3, 0.4) is 0 Å². The number of β-amino-alcohol motifs (C(OH)–C–C–N with tert-alkyl or cyclic N) is 1. The molecule has 1 aliphatic heterocycles. The number of pyridine rings is 1. The Hall–Kier alpha value is -1.86. The average molecular weight is 356 g/mol. The summed E-state index contributed by atoms with van der Waals surface area (Å²) in [7, 11) is 1.52. The van der Waals surface area contributed by atoms with Crippen LogP contribution in [0.25, 0.3) is 0 Å². The second-order valence-electron chi connectivity index (χ2n) is 5.85. The third-order valence-corrected chi connectivity index (χ3v) is 4.22. The predicted molar refractivity (Wildman–Crippen MR) is 89.2 cm³/mol. The lowest BCUT2D eigenvalue weighted by molar-refractivity contribution is -0.127. The zero-order chi connectivity index (χ0) is 17.7. The minimum Gasteiger partial charge on any atom is -0.477 e. The van der Waals surface area contributed by atoms with Gasteiger partial charge in [0, 0.05) is 19.8 Å². The minimum absolute atomic E-state index is 0.0322. The number of carbonyl (C=O) groups is 2. The predicted octanol–water partition coefficient (Wildman–Crippen LogP) is 1.24. The van der Waals surface area contributed by atoms with E-state index in [1.165, 1.54) is 24.2 Å². The number of halogens is 1. The molecule has 0 aliphatic carbocycles. The zero-order valence-electron chi connectivity index (χ0n) is 13.8. The van der Waals surface area contributed by atoms with Crippen molar-refractivity contribution in [3.63, 3.8) is 0 Å². The maximum atomic E-state index is 12.6. The monoisotopic (exact) mass is 355 g/mol. The third kappa shape index (κ3) is 4.36. The highest BCUT2D eigenvalue weighted by Crippen LogP contribution is 2.27. The molecule has 0 saturated carbocycles. The molecular weight excluding hydrogens is 334 g/mol. The molecule has 1 unspecified atom stereocenters. The second-order valence-corrected chi connectivity index (χ2v) is 6.26. The van der Waals surface area contributed by atoms with Gasteiger partial charge in [-0.05, 0) is 25.8 Å². The highest BCUT2D eigenvalue weighted by atomic mass is 35.5. The van der Waals surface area contributed by atoms with Gasteiger partial charge < -0.3 is 20.1 Å². The van der Waals surface area contributed by atoms with Gasteiger partial charge in [0.15, 0.2) is 0 Å². The van der Waals surface area contributed by atoms with Gasteiger partial charge in [0.1, 0.15) is 5.02 Å². The van der Waals surface area contributed by atoms with Crippen LogP contribution in [0.5, 0.6) is 5.88 Å². The number of carbonyl (C=O) groups excluding carboxylic acids is 2. The number of rotatable bonds is 5. The molecule has 132 valence electrons. The van der Waals surface area contributed by atoms with E-state index in [-0.39, 0.29) is 35.7 Å². The number of nitrogens with one attached hydrogen (secondary N) is 1. The van der Waals surface area contributed by atoms with E-state index >= 15 is 0 Å². The van der Waals surface area contributed by atoms with Crippen LogP contribution in [-0.4, -0.2) is 59.1 Å². The fraction of sp³-hybridized carbons (Fsp3) is 0.562. The molecule has 2 rings (SSSR count). The first-order valence-corrected chi connectivity index (χ1v) is 8.27. The Morgan fingerprint density at radius 1 is 1.54 bits per heavy atom. The molecule has 7 nitrogen and oxygen atoms in total. The van der Waals surface area contributed by atoms with E-state index in [0.717, 1.165) is 0 Å². The molecule has 1 aromatic rings. The summed E-state index contributed by atoms with van der Waals surface area (Å²) in [6.07, 6.45) is 2.48. The van der Waals surface area contributed by atoms with Gasteiger partial charge in [-0.25, -0.2) is 4.98 Å². The summed E-state index contributed by atoms with van der Waals surface area (Å²) in [6, 6.07) is 1.51. The Kier molecular flexibility index (Phi) is 6.01. The molecular formula is C16H22ClN3O4. The summed E-state index contributed by atoms with van der Waals surface area (Å²) < 4.78 is 5.25. The van der Waals surface area contributed by atoms with E-state index in [2.05, 4.69) is 10.3 Å². The third-order valence-electron chi connectivity index (χ3n) is 3.95. The number of hydrogen-bond donors (Lipinski definition) is 2. The first-order valence-electron chi connectivity index (χ1n) is 7.89. The Morgan fingerprint density at radius 2 is 2.29 bits per heavy atom. The molecule has 1 aromatic heterocycles. The Morgan fingerprint density at radius 3 is 2.92 bits per heavy atom. The average Bonchev–Trinajstić information content (AvgIpc) is 2.55. The van der Waals surface area contributed by atoms with Crippen molar-refractivity contribution in [1.82, 2.24) is 15.2 Å². The standard InChI is InChI=1S/C16H22ClN3O4/c1-3-24-14-12(17)7-11(9-19-14)15(22)20-6-4-5-16(23,10-20)8-13(21)18-2/h7,9,23H,3-6,8,10H2,1-2H3,(H,18,21). The number of ether oxygens (including phenoxy) is 1. The quantitative estimate of drug-likeness (QED) is 0.829. The molecule has 1 atom stereocenters. The van der Waals surface area contributed by atoms with Crippen LogP contribution in [0.2, 0.25) is 5.02 Å².